The first-order valence-corrected chi connectivity index (χ1v) is 19.0. The number of rotatable bonds is 10. The Balaban J connectivity index is 1.34. The van der Waals surface area contributed by atoms with Crippen molar-refractivity contribution in [2.24, 2.45) is 11.8 Å². The highest BCUT2D eigenvalue weighted by atomic mass is 28.4. The lowest BCUT2D eigenvalue weighted by Gasteiger charge is -2.46. The predicted molar refractivity (Wildman–Crippen MR) is 194 cm³/mol. The Hall–Kier alpha value is -4.29. The fourth-order valence-electron chi connectivity index (χ4n) is 8.23. The number of fused-ring (bicyclic) bond motifs is 1. The normalized spacial score (nSPS) is 21.1. The molecule has 0 N–H and O–H groups in total. The second-order valence-corrected chi connectivity index (χ2v) is 18.5. The van der Waals surface area contributed by atoms with Crippen LogP contribution in [-0.2, 0) is 24.3 Å². The lowest BCUT2D eigenvalue weighted by atomic mass is 9.79. The molecule has 48 heavy (non-hydrogen) atoms. The van der Waals surface area contributed by atoms with Gasteiger partial charge < -0.3 is 13.9 Å². The number of carbonyl (C=O) groups is 1. The van der Waals surface area contributed by atoms with Crippen molar-refractivity contribution >= 4 is 24.7 Å². The minimum atomic E-state index is -2.88. The van der Waals surface area contributed by atoms with Gasteiger partial charge in [0.1, 0.15) is 11.7 Å². The van der Waals surface area contributed by atoms with Gasteiger partial charge in [-0.25, -0.2) is 0 Å². The smallest absolute Gasteiger partial charge is 0.306 e. The van der Waals surface area contributed by atoms with Gasteiger partial charge in [0.2, 0.25) is 0 Å². The number of ether oxygens (including phenoxy) is 2. The summed E-state index contributed by atoms with van der Waals surface area (Å²) in [5, 5.41) is 2.30. The summed E-state index contributed by atoms with van der Waals surface area (Å²) in [5.41, 5.74) is 2.30. The Bertz CT molecular complexity index is 1650. The summed E-state index contributed by atoms with van der Waals surface area (Å²) < 4.78 is 21.2. The molecule has 0 bridgehead atoms. The van der Waals surface area contributed by atoms with Gasteiger partial charge in [0.25, 0.3) is 8.32 Å². The third-order valence-electron chi connectivity index (χ3n) is 10.4. The van der Waals surface area contributed by atoms with Crippen molar-refractivity contribution in [3.05, 3.63) is 168 Å². The molecule has 244 valence electrons. The van der Waals surface area contributed by atoms with E-state index in [2.05, 4.69) is 154 Å². The summed E-state index contributed by atoms with van der Waals surface area (Å²) in [7, 11) is -2.88. The number of esters is 1. The summed E-state index contributed by atoms with van der Waals surface area (Å²) in [4.78, 5) is 12.8. The van der Waals surface area contributed by atoms with Crippen molar-refractivity contribution in [3.8, 4) is 0 Å². The standard InChI is InChI=1S/C43H44O4Si/c1-42(2,3)48(35-25-15-7-16-26-35,36-27-17-8-18-28-36)47-40-30-39-37(29-41(44)46-39)38(40)31-45-43(32-19-9-4-10-20-32,33-21-11-5-12-22-33)34-23-13-6-14-24-34/h4-28,37-40H,29-31H2,1-3H3/t37?,38-,39+,40-/m1/s1. The Labute approximate surface area is 285 Å². The van der Waals surface area contributed by atoms with Crippen LogP contribution in [0.1, 0.15) is 50.3 Å². The van der Waals surface area contributed by atoms with Gasteiger partial charge >= 0.3 is 5.97 Å². The lowest BCUT2D eigenvalue weighted by Crippen LogP contribution is -2.68. The fraction of sp³-hybridized carbons (Fsp3) is 0.279. The van der Waals surface area contributed by atoms with Crippen LogP contribution in [0.2, 0.25) is 5.04 Å². The highest BCUT2D eigenvalue weighted by Crippen LogP contribution is 2.49. The minimum absolute atomic E-state index is 0.0146. The van der Waals surface area contributed by atoms with Crippen LogP contribution in [0.4, 0.5) is 0 Å². The molecule has 0 spiro atoms. The molecular formula is C43H44O4Si. The van der Waals surface area contributed by atoms with Gasteiger partial charge in [-0.05, 0) is 32.1 Å². The molecule has 5 aromatic rings. The van der Waals surface area contributed by atoms with E-state index < -0.39 is 13.9 Å². The van der Waals surface area contributed by atoms with Crippen molar-refractivity contribution in [3.63, 3.8) is 0 Å². The number of hydrogen-bond acceptors (Lipinski definition) is 4. The molecule has 2 aliphatic rings. The third kappa shape index (κ3) is 5.74. The first kappa shape index (κ1) is 32.3. The highest BCUT2D eigenvalue weighted by molar-refractivity contribution is 6.99. The van der Waals surface area contributed by atoms with Gasteiger partial charge in [-0.3, -0.25) is 4.79 Å². The summed E-state index contributed by atoms with van der Waals surface area (Å²) in [6, 6.07) is 53.0. The molecule has 4 nitrogen and oxygen atoms in total. The Morgan fingerprint density at radius 1 is 0.646 bits per heavy atom. The van der Waals surface area contributed by atoms with E-state index in [1.54, 1.807) is 0 Å². The van der Waals surface area contributed by atoms with Crippen LogP contribution in [0.25, 0.3) is 0 Å². The van der Waals surface area contributed by atoms with Gasteiger partial charge in [0.05, 0.1) is 19.1 Å². The molecule has 2 fully saturated rings. The molecule has 1 saturated heterocycles. The zero-order chi connectivity index (χ0) is 33.2. The molecule has 5 aromatic carbocycles. The summed E-state index contributed by atoms with van der Waals surface area (Å²) >= 11 is 0. The van der Waals surface area contributed by atoms with Gasteiger partial charge in [-0.15, -0.1) is 0 Å². The second-order valence-electron chi connectivity index (χ2n) is 14.2. The van der Waals surface area contributed by atoms with Crippen molar-refractivity contribution in [2.75, 3.05) is 6.61 Å². The van der Waals surface area contributed by atoms with Gasteiger partial charge in [0.15, 0.2) is 0 Å². The van der Waals surface area contributed by atoms with Gasteiger partial charge in [-0.2, -0.15) is 0 Å². The van der Waals surface area contributed by atoms with Crippen LogP contribution < -0.4 is 10.4 Å². The number of hydrogen-bond donors (Lipinski definition) is 0. The fourth-order valence-corrected chi connectivity index (χ4v) is 13.0. The second kappa shape index (κ2) is 13.3. The maximum atomic E-state index is 12.8. The molecule has 4 atom stereocenters. The van der Waals surface area contributed by atoms with E-state index in [9.17, 15) is 4.79 Å². The zero-order valence-corrected chi connectivity index (χ0v) is 29.0. The van der Waals surface area contributed by atoms with Crippen LogP contribution >= 0.6 is 0 Å². The van der Waals surface area contributed by atoms with E-state index in [1.807, 2.05) is 18.2 Å². The van der Waals surface area contributed by atoms with Crippen molar-refractivity contribution < 1.29 is 18.7 Å². The summed E-state index contributed by atoms with van der Waals surface area (Å²) in [6.07, 6.45) is 0.687. The van der Waals surface area contributed by atoms with Crippen LogP contribution in [-0.4, -0.2) is 33.1 Å². The van der Waals surface area contributed by atoms with E-state index in [0.29, 0.717) is 19.4 Å². The van der Waals surface area contributed by atoms with E-state index >= 15 is 0 Å². The van der Waals surface area contributed by atoms with Crippen LogP contribution in [0.5, 0.6) is 0 Å². The van der Waals surface area contributed by atoms with Crippen LogP contribution in [0.3, 0.4) is 0 Å². The summed E-state index contributed by atoms with van der Waals surface area (Å²) in [6.45, 7) is 7.34. The van der Waals surface area contributed by atoms with Crippen molar-refractivity contribution in [2.45, 2.75) is 56.5 Å². The first-order valence-electron chi connectivity index (χ1n) is 17.1. The molecule has 1 aliphatic carbocycles. The monoisotopic (exact) mass is 652 g/mol. The largest absolute Gasteiger partial charge is 0.462 e. The third-order valence-corrected chi connectivity index (χ3v) is 15.5. The molecular weight excluding hydrogens is 609 g/mol. The molecule has 0 amide bonds. The number of carbonyl (C=O) groups excluding carboxylic acids is 1. The molecule has 0 aromatic heterocycles. The van der Waals surface area contributed by atoms with Gasteiger partial charge in [-0.1, -0.05) is 172 Å². The minimum Gasteiger partial charge on any atom is -0.462 e. The molecule has 0 radical (unpaired) electrons. The van der Waals surface area contributed by atoms with Crippen LogP contribution in [0.15, 0.2) is 152 Å². The van der Waals surface area contributed by atoms with Crippen LogP contribution in [0, 0.1) is 11.8 Å². The average molecular weight is 653 g/mol. The molecule has 1 aliphatic heterocycles. The van der Waals surface area contributed by atoms with Gasteiger partial charge in [0, 0.05) is 18.3 Å². The SMILES string of the molecule is CC(C)(C)[Si](O[C@@H]1C[C@@H]2OC(=O)CC2[C@H]1COC(c1ccccc1)(c1ccccc1)c1ccccc1)(c1ccccc1)c1ccccc1. The quantitative estimate of drug-likeness (QED) is 0.0875. The van der Waals surface area contributed by atoms with Crippen molar-refractivity contribution in [1.29, 1.82) is 0 Å². The van der Waals surface area contributed by atoms with E-state index in [0.717, 1.165) is 16.7 Å². The first-order chi connectivity index (χ1) is 23.3. The topological polar surface area (TPSA) is 44.8 Å². The molecule has 7 rings (SSSR count). The Morgan fingerprint density at radius 3 is 1.48 bits per heavy atom. The van der Waals surface area contributed by atoms with E-state index in [1.165, 1.54) is 10.4 Å². The highest BCUT2D eigenvalue weighted by Gasteiger charge is 2.57. The number of benzene rings is 5. The molecule has 1 unspecified atom stereocenters. The van der Waals surface area contributed by atoms with E-state index in [4.69, 9.17) is 13.9 Å². The average Bonchev–Trinajstić information content (AvgIpc) is 3.64. The summed E-state index contributed by atoms with van der Waals surface area (Å²) in [5.74, 6) is -0.168. The maximum absolute atomic E-state index is 12.8. The van der Waals surface area contributed by atoms with E-state index in [-0.39, 0.29) is 35.1 Å². The van der Waals surface area contributed by atoms with Crippen molar-refractivity contribution in [1.82, 2.24) is 0 Å². The maximum Gasteiger partial charge on any atom is 0.306 e. The molecule has 1 heterocycles. The Morgan fingerprint density at radius 2 is 1.06 bits per heavy atom. The Kier molecular flexibility index (Phi) is 8.95. The zero-order valence-electron chi connectivity index (χ0n) is 28.0. The lowest BCUT2D eigenvalue weighted by molar-refractivity contribution is -0.141. The molecule has 1 saturated carbocycles. The molecule has 5 heteroatoms. The predicted octanol–water partition coefficient (Wildman–Crippen LogP) is 7.89.